The molecule has 110 valence electrons. The Labute approximate surface area is 138 Å². The minimum absolute atomic E-state index is 0. The Balaban J connectivity index is 0. The first-order chi connectivity index (χ1) is 8.64. The largest absolute Gasteiger partial charge is 1.00 e. The fraction of sp³-hybridized carbons (Fsp3) is 0.667. The average Bonchev–Trinajstić information content (AvgIpc) is 2.34. The maximum atomic E-state index is 11.6. The van der Waals surface area contributed by atoms with Gasteiger partial charge in [-0.05, 0) is 0 Å². The van der Waals surface area contributed by atoms with Crippen LogP contribution < -0.4 is 29.6 Å². The number of methoxy groups -OCH3 is 3. The first-order valence-electron chi connectivity index (χ1n) is 4.82. The summed E-state index contributed by atoms with van der Waals surface area (Å²) in [6, 6.07) is 0. The quantitative estimate of drug-likeness (QED) is 0.205. The molecule has 0 amide bonds. The summed E-state index contributed by atoms with van der Waals surface area (Å²) in [4.78, 5) is 33.9. The van der Waals surface area contributed by atoms with E-state index in [1.54, 1.807) is 0 Å². The van der Waals surface area contributed by atoms with Gasteiger partial charge in [0.1, 0.15) is 10.1 Å². The fourth-order valence-corrected chi connectivity index (χ4v) is 2.16. The van der Waals surface area contributed by atoms with E-state index in [-0.39, 0.29) is 29.6 Å². The van der Waals surface area contributed by atoms with E-state index in [1.165, 1.54) is 0 Å². The Morgan fingerprint density at radius 3 is 1.50 bits per heavy atom. The summed E-state index contributed by atoms with van der Waals surface area (Å²) in [5, 5.41) is 0. The van der Waals surface area contributed by atoms with E-state index in [9.17, 15) is 27.4 Å². The summed E-state index contributed by atoms with van der Waals surface area (Å²) in [5.41, 5.74) is 0. The second kappa shape index (κ2) is 8.57. The minimum atomic E-state index is -5.37. The molecule has 0 saturated carbocycles. The Hall–Kier alpha value is -0.680. The van der Waals surface area contributed by atoms with Gasteiger partial charge in [0.25, 0.3) is 0 Å². The van der Waals surface area contributed by atoms with Crippen LogP contribution in [0.25, 0.3) is 0 Å². The second-order valence-electron chi connectivity index (χ2n) is 3.45. The summed E-state index contributed by atoms with van der Waals surface area (Å²) in [5.74, 6) is -3.85. The van der Waals surface area contributed by atoms with Gasteiger partial charge in [-0.3, -0.25) is 14.4 Å². The fourth-order valence-electron chi connectivity index (χ4n) is 1.28. The molecule has 0 rings (SSSR count). The molecule has 0 heterocycles. The zero-order valence-corrected chi connectivity index (χ0v) is 14.3. The standard InChI is InChI=1S/C9H14O9S.Na/c1-16-6(10)4-9(8(12)18-3,19(13,14)15)5-7(11)17-2;/h4-5H2,1-3H3,(H,13,14,15);/q;+1/p-1. The third-order valence-electron chi connectivity index (χ3n) is 2.35. The van der Waals surface area contributed by atoms with Gasteiger partial charge in [-0.2, -0.15) is 0 Å². The number of carbonyl (C=O) groups excluding carboxylic acids is 3. The summed E-state index contributed by atoms with van der Waals surface area (Å²) in [6.45, 7) is 0. The van der Waals surface area contributed by atoms with Crippen molar-refractivity contribution in [3.63, 3.8) is 0 Å². The molecule has 0 bridgehead atoms. The van der Waals surface area contributed by atoms with E-state index in [2.05, 4.69) is 14.2 Å². The van der Waals surface area contributed by atoms with Gasteiger partial charge in [0.15, 0.2) is 4.75 Å². The van der Waals surface area contributed by atoms with Crippen molar-refractivity contribution in [2.45, 2.75) is 17.6 Å². The molecule has 0 aliphatic heterocycles. The van der Waals surface area contributed by atoms with E-state index >= 15 is 0 Å². The molecule has 0 unspecified atom stereocenters. The van der Waals surface area contributed by atoms with Gasteiger partial charge in [0.2, 0.25) is 0 Å². The van der Waals surface area contributed by atoms with Gasteiger partial charge < -0.3 is 18.8 Å². The molecule has 9 nitrogen and oxygen atoms in total. The van der Waals surface area contributed by atoms with Crippen LogP contribution in [0.1, 0.15) is 12.8 Å². The van der Waals surface area contributed by atoms with E-state index < -0.39 is 45.6 Å². The van der Waals surface area contributed by atoms with Crippen molar-refractivity contribution < 1.29 is 71.1 Å². The van der Waals surface area contributed by atoms with E-state index in [0.29, 0.717) is 0 Å². The maximum Gasteiger partial charge on any atom is 1.00 e. The summed E-state index contributed by atoms with van der Waals surface area (Å²) in [7, 11) is -2.70. The first kappa shape index (κ1) is 21.6. The van der Waals surface area contributed by atoms with Crippen molar-refractivity contribution in [3.05, 3.63) is 0 Å². The predicted molar refractivity (Wildman–Crippen MR) is 57.7 cm³/mol. The van der Waals surface area contributed by atoms with Gasteiger partial charge in [0, 0.05) is 0 Å². The molecule has 0 aliphatic carbocycles. The Kier molecular flexibility index (Phi) is 9.26. The van der Waals surface area contributed by atoms with Crippen LogP contribution in [0.3, 0.4) is 0 Å². The molecule has 0 atom stereocenters. The molecular weight excluding hydrogens is 307 g/mol. The third-order valence-corrected chi connectivity index (χ3v) is 3.76. The van der Waals surface area contributed by atoms with Crippen LogP contribution in [0.5, 0.6) is 0 Å². The van der Waals surface area contributed by atoms with Crippen molar-refractivity contribution in [3.8, 4) is 0 Å². The number of rotatable bonds is 6. The molecule has 0 aromatic heterocycles. The van der Waals surface area contributed by atoms with Crippen molar-refractivity contribution >= 4 is 28.0 Å². The van der Waals surface area contributed by atoms with E-state index in [1.807, 2.05) is 0 Å². The van der Waals surface area contributed by atoms with Crippen LogP contribution in [0, 0.1) is 0 Å². The van der Waals surface area contributed by atoms with Gasteiger partial charge in [-0.25, -0.2) is 8.42 Å². The maximum absolute atomic E-state index is 11.6. The summed E-state index contributed by atoms with van der Waals surface area (Å²) < 4.78 is 43.6. The summed E-state index contributed by atoms with van der Waals surface area (Å²) >= 11 is 0. The smallest absolute Gasteiger partial charge is 0.747 e. The zero-order valence-electron chi connectivity index (χ0n) is 11.5. The van der Waals surface area contributed by atoms with Crippen molar-refractivity contribution in [1.82, 2.24) is 0 Å². The number of carbonyl (C=O) groups is 3. The molecule has 0 spiro atoms. The van der Waals surface area contributed by atoms with Gasteiger partial charge in [-0.1, -0.05) is 0 Å². The van der Waals surface area contributed by atoms with Gasteiger partial charge in [-0.15, -0.1) is 0 Å². The Morgan fingerprint density at radius 1 is 0.950 bits per heavy atom. The van der Waals surface area contributed by atoms with Crippen LogP contribution in [-0.2, 0) is 38.7 Å². The molecule has 20 heavy (non-hydrogen) atoms. The van der Waals surface area contributed by atoms with Gasteiger partial charge >= 0.3 is 47.5 Å². The first-order valence-corrected chi connectivity index (χ1v) is 6.23. The number of esters is 3. The topological polar surface area (TPSA) is 136 Å². The Morgan fingerprint density at radius 2 is 1.30 bits per heavy atom. The molecule has 0 radical (unpaired) electrons. The molecule has 0 N–H and O–H groups in total. The molecule has 0 saturated heterocycles. The summed E-state index contributed by atoms with van der Waals surface area (Å²) in [6.07, 6.45) is -2.28. The zero-order chi connectivity index (χ0) is 15.3. The van der Waals surface area contributed by atoms with E-state index in [0.717, 1.165) is 21.3 Å². The van der Waals surface area contributed by atoms with Crippen LogP contribution >= 0.6 is 0 Å². The number of hydrogen-bond acceptors (Lipinski definition) is 9. The van der Waals surface area contributed by atoms with Crippen molar-refractivity contribution in [2.24, 2.45) is 0 Å². The average molecular weight is 320 g/mol. The molecule has 0 aromatic rings. The Bertz CT molecular complexity index is 452. The van der Waals surface area contributed by atoms with Gasteiger partial charge in [0.05, 0.1) is 34.2 Å². The minimum Gasteiger partial charge on any atom is -0.747 e. The predicted octanol–water partition coefficient (Wildman–Crippen LogP) is -4.43. The molecule has 0 aliphatic rings. The second-order valence-corrected chi connectivity index (χ2v) is 5.14. The number of ether oxygens (including phenoxy) is 3. The van der Waals surface area contributed by atoms with Crippen molar-refractivity contribution in [2.75, 3.05) is 21.3 Å². The normalized spacial score (nSPS) is 11.0. The molecule has 11 heteroatoms. The number of hydrogen-bond donors (Lipinski definition) is 0. The molecular formula is C9H13NaO9S. The van der Waals surface area contributed by atoms with Crippen molar-refractivity contribution in [1.29, 1.82) is 0 Å². The van der Waals surface area contributed by atoms with Crippen LogP contribution in [0.15, 0.2) is 0 Å². The SMILES string of the molecule is COC(=O)CC(CC(=O)OC)(C(=O)OC)S(=O)(=O)[O-].[Na+]. The van der Waals surface area contributed by atoms with Crippen LogP contribution in [-0.4, -0.2) is 57.0 Å². The van der Waals surface area contributed by atoms with E-state index in [4.69, 9.17) is 0 Å². The molecule has 0 fully saturated rings. The van der Waals surface area contributed by atoms with Crippen LogP contribution in [0.2, 0.25) is 0 Å². The van der Waals surface area contributed by atoms with Crippen LogP contribution in [0.4, 0.5) is 0 Å². The molecule has 0 aromatic carbocycles. The third kappa shape index (κ3) is 5.02. The monoisotopic (exact) mass is 320 g/mol.